The van der Waals surface area contributed by atoms with Gasteiger partial charge in [-0.3, -0.25) is 4.79 Å². The van der Waals surface area contributed by atoms with Gasteiger partial charge in [-0.15, -0.1) is 0 Å². The SMILES string of the molecule is CCCCCCCCC[C@H](C)CCC[C@H](C)[C@H](C)OC(C)=O. The van der Waals surface area contributed by atoms with Crippen molar-refractivity contribution in [3.63, 3.8) is 0 Å². The van der Waals surface area contributed by atoms with Gasteiger partial charge in [0, 0.05) is 6.92 Å². The van der Waals surface area contributed by atoms with Crippen LogP contribution in [0.25, 0.3) is 0 Å². The van der Waals surface area contributed by atoms with Gasteiger partial charge >= 0.3 is 5.97 Å². The highest BCUT2D eigenvalue weighted by molar-refractivity contribution is 5.66. The first-order valence-electron chi connectivity index (χ1n) is 9.64. The molecule has 132 valence electrons. The number of hydrogen-bond acceptors (Lipinski definition) is 2. The van der Waals surface area contributed by atoms with Gasteiger partial charge in [-0.05, 0) is 25.2 Å². The lowest BCUT2D eigenvalue weighted by Crippen LogP contribution is -2.20. The maximum atomic E-state index is 10.9. The van der Waals surface area contributed by atoms with Gasteiger partial charge in [-0.25, -0.2) is 0 Å². The van der Waals surface area contributed by atoms with Gasteiger partial charge in [0.2, 0.25) is 0 Å². The summed E-state index contributed by atoms with van der Waals surface area (Å²) in [6, 6.07) is 0. The van der Waals surface area contributed by atoms with Crippen LogP contribution < -0.4 is 0 Å². The fourth-order valence-electron chi connectivity index (χ4n) is 3.00. The molecule has 0 aliphatic carbocycles. The van der Waals surface area contributed by atoms with E-state index in [1.54, 1.807) is 0 Å². The molecule has 0 saturated carbocycles. The van der Waals surface area contributed by atoms with Crippen LogP contribution in [0.5, 0.6) is 0 Å². The Balaban J connectivity index is 3.49. The van der Waals surface area contributed by atoms with Crippen molar-refractivity contribution in [3.8, 4) is 0 Å². The molecule has 0 spiro atoms. The minimum Gasteiger partial charge on any atom is -0.463 e. The predicted molar refractivity (Wildman–Crippen MR) is 96.0 cm³/mol. The van der Waals surface area contributed by atoms with Crippen LogP contribution in [0.1, 0.15) is 105 Å². The molecular formula is C20H40O2. The van der Waals surface area contributed by atoms with Crippen LogP contribution in [-0.2, 0) is 9.53 Å². The van der Waals surface area contributed by atoms with Crippen LogP contribution in [0.2, 0.25) is 0 Å². The summed E-state index contributed by atoms with van der Waals surface area (Å²) < 4.78 is 5.25. The minimum atomic E-state index is -0.161. The number of esters is 1. The van der Waals surface area contributed by atoms with Crippen LogP contribution in [0.4, 0.5) is 0 Å². The summed E-state index contributed by atoms with van der Waals surface area (Å²) in [6.07, 6.45) is 15.0. The highest BCUT2D eigenvalue weighted by Gasteiger charge is 2.15. The van der Waals surface area contributed by atoms with Gasteiger partial charge in [0.1, 0.15) is 6.10 Å². The molecule has 0 aromatic carbocycles. The smallest absolute Gasteiger partial charge is 0.302 e. The molecule has 0 fully saturated rings. The molecule has 0 amide bonds. The lowest BCUT2D eigenvalue weighted by molar-refractivity contribution is -0.147. The molecular weight excluding hydrogens is 272 g/mol. The number of carbonyl (C=O) groups excluding carboxylic acids is 1. The molecule has 0 N–H and O–H groups in total. The molecule has 3 atom stereocenters. The second-order valence-electron chi connectivity index (χ2n) is 7.24. The summed E-state index contributed by atoms with van der Waals surface area (Å²) in [5.41, 5.74) is 0. The van der Waals surface area contributed by atoms with E-state index < -0.39 is 0 Å². The molecule has 0 unspecified atom stereocenters. The zero-order valence-corrected chi connectivity index (χ0v) is 15.8. The van der Waals surface area contributed by atoms with Crippen molar-refractivity contribution in [2.45, 2.75) is 111 Å². The van der Waals surface area contributed by atoms with E-state index in [2.05, 4.69) is 20.8 Å². The van der Waals surface area contributed by atoms with Gasteiger partial charge in [0.15, 0.2) is 0 Å². The van der Waals surface area contributed by atoms with E-state index in [-0.39, 0.29) is 12.1 Å². The van der Waals surface area contributed by atoms with E-state index in [9.17, 15) is 4.79 Å². The Bertz CT molecular complexity index is 262. The average molecular weight is 313 g/mol. The summed E-state index contributed by atoms with van der Waals surface area (Å²) in [5.74, 6) is 1.15. The van der Waals surface area contributed by atoms with Gasteiger partial charge in [0.05, 0.1) is 0 Å². The zero-order chi connectivity index (χ0) is 16.8. The van der Waals surface area contributed by atoms with E-state index in [1.807, 2.05) is 6.92 Å². The highest BCUT2D eigenvalue weighted by atomic mass is 16.5. The monoisotopic (exact) mass is 312 g/mol. The highest BCUT2D eigenvalue weighted by Crippen LogP contribution is 2.21. The van der Waals surface area contributed by atoms with Crippen LogP contribution in [0, 0.1) is 11.8 Å². The van der Waals surface area contributed by atoms with Crippen LogP contribution in [-0.4, -0.2) is 12.1 Å². The third-order valence-electron chi connectivity index (χ3n) is 4.81. The number of hydrogen-bond donors (Lipinski definition) is 0. The Morgan fingerprint density at radius 2 is 1.36 bits per heavy atom. The third kappa shape index (κ3) is 13.2. The van der Waals surface area contributed by atoms with Crippen LogP contribution in [0.15, 0.2) is 0 Å². The molecule has 0 heterocycles. The van der Waals surface area contributed by atoms with Gasteiger partial charge in [-0.1, -0.05) is 85.0 Å². The number of rotatable bonds is 14. The Morgan fingerprint density at radius 3 is 1.95 bits per heavy atom. The van der Waals surface area contributed by atoms with Crippen molar-refractivity contribution in [2.24, 2.45) is 11.8 Å². The summed E-state index contributed by atoms with van der Waals surface area (Å²) in [4.78, 5) is 10.9. The summed E-state index contributed by atoms with van der Waals surface area (Å²) >= 11 is 0. The number of unbranched alkanes of at least 4 members (excludes halogenated alkanes) is 6. The van der Waals surface area contributed by atoms with E-state index in [1.165, 1.54) is 71.1 Å². The standard InChI is InChI=1S/C20H40O2/c1-6-7-8-9-10-11-12-14-17(2)15-13-16-18(3)19(4)22-20(5)21/h17-19H,6-16H2,1-5H3/t17-,18-,19-/m0/s1. The van der Waals surface area contributed by atoms with Crippen molar-refractivity contribution < 1.29 is 9.53 Å². The first kappa shape index (κ1) is 21.5. The first-order valence-corrected chi connectivity index (χ1v) is 9.64. The van der Waals surface area contributed by atoms with Crippen molar-refractivity contribution in [2.75, 3.05) is 0 Å². The largest absolute Gasteiger partial charge is 0.463 e. The summed E-state index contributed by atoms with van der Waals surface area (Å²) in [6.45, 7) is 10.4. The Morgan fingerprint density at radius 1 is 0.818 bits per heavy atom. The molecule has 2 heteroatoms. The van der Waals surface area contributed by atoms with Gasteiger partial charge in [-0.2, -0.15) is 0 Å². The van der Waals surface area contributed by atoms with Crippen molar-refractivity contribution in [1.82, 2.24) is 0 Å². The number of ether oxygens (including phenoxy) is 1. The van der Waals surface area contributed by atoms with Crippen molar-refractivity contribution in [3.05, 3.63) is 0 Å². The Kier molecular flexibility index (Phi) is 13.7. The average Bonchev–Trinajstić information content (AvgIpc) is 2.45. The third-order valence-corrected chi connectivity index (χ3v) is 4.81. The summed E-state index contributed by atoms with van der Waals surface area (Å²) in [7, 11) is 0. The topological polar surface area (TPSA) is 26.3 Å². The van der Waals surface area contributed by atoms with Crippen molar-refractivity contribution in [1.29, 1.82) is 0 Å². The quantitative estimate of drug-likeness (QED) is 0.269. The molecule has 0 aliphatic heterocycles. The second-order valence-corrected chi connectivity index (χ2v) is 7.24. The van der Waals surface area contributed by atoms with Crippen molar-refractivity contribution >= 4 is 5.97 Å². The predicted octanol–water partition coefficient (Wildman–Crippen LogP) is 6.52. The molecule has 0 aliphatic rings. The summed E-state index contributed by atoms with van der Waals surface area (Å²) in [5, 5.41) is 0. The Labute approximate surface area is 139 Å². The molecule has 0 aromatic rings. The molecule has 22 heavy (non-hydrogen) atoms. The maximum Gasteiger partial charge on any atom is 0.302 e. The lowest BCUT2D eigenvalue weighted by atomic mass is 9.92. The van der Waals surface area contributed by atoms with Crippen LogP contribution >= 0.6 is 0 Å². The van der Waals surface area contributed by atoms with E-state index >= 15 is 0 Å². The number of carbonyl (C=O) groups is 1. The Hall–Kier alpha value is -0.530. The maximum absolute atomic E-state index is 10.9. The second kappa shape index (κ2) is 14.1. The lowest BCUT2D eigenvalue weighted by Gasteiger charge is -2.20. The minimum absolute atomic E-state index is 0.0518. The molecule has 2 nitrogen and oxygen atoms in total. The molecule has 0 radical (unpaired) electrons. The fraction of sp³-hybridized carbons (Fsp3) is 0.950. The zero-order valence-electron chi connectivity index (χ0n) is 15.8. The molecule has 0 saturated heterocycles. The molecule has 0 bridgehead atoms. The fourth-order valence-corrected chi connectivity index (χ4v) is 3.00. The van der Waals surface area contributed by atoms with Gasteiger partial charge in [0.25, 0.3) is 0 Å². The normalized spacial score (nSPS) is 15.3. The van der Waals surface area contributed by atoms with E-state index in [0.29, 0.717) is 5.92 Å². The first-order chi connectivity index (χ1) is 10.5. The van der Waals surface area contributed by atoms with Gasteiger partial charge < -0.3 is 4.74 Å². The van der Waals surface area contributed by atoms with E-state index in [0.717, 1.165) is 12.3 Å². The molecule has 0 rings (SSSR count). The van der Waals surface area contributed by atoms with E-state index in [4.69, 9.17) is 4.74 Å². The van der Waals surface area contributed by atoms with Crippen LogP contribution in [0.3, 0.4) is 0 Å². The molecule has 0 aromatic heterocycles.